The average molecular weight is 399 g/mol. The highest BCUT2D eigenvalue weighted by Crippen LogP contribution is 2.33. The first-order valence-electron chi connectivity index (χ1n) is 9.77. The first kappa shape index (κ1) is 17.9. The van der Waals surface area contributed by atoms with Crippen LogP contribution in [0.15, 0.2) is 78.9 Å². The second kappa shape index (κ2) is 7.34. The summed E-state index contributed by atoms with van der Waals surface area (Å²) in [4.78, 5) is 20.4. The van der Waals surface area contributed by atoms with Gasteiger partial charge in [0.2, 0.25) is 0 Å². The summed E-state index contributed by atoms with van der Waals surface area (Å²) in [6.45, 7) is 0.716. The lowest BCUT2D eigenvalue weighted by atomic mass is 9.99. The molecule has 0 atom stereocenters. The number of anilines is 1. The van der Waals surface area contributed by atoms with Crippen LogP contribution in [0.2, 0.25) is 5.02 Å². The molecule has 3 nitrogen and oxygen atoms in total. The van der Waals surface area contributed by atoms with Crippen molar-refractivity contribution in [2.45, 2.75) is 12.8 Å². The van der Waals surface area contributed by atoms with Crippen molar-refractivity contribution < 1.29 is 4.79 Å². The summed E-state index contributed by atoms with van der Waals surface area (Å²) in [5.41, 5.74) is 5.21. The largest absolute Gasteiger partial charge is 0.308 e. The van der Waals surface area contributed by atoms with Gasteiger partial charge >= 0.3 is 0 Å². The number of aryl methyl sites for hydroxylation is 1. The van der Waals surface area contributed by atoms with Crippen LogP contribution in [0.1, 0.15) is 22.3 Å². The fraction of sp³-hybridized carbons (Fsp3) is 0.120. The van der Waals surface area contributed by atoms with Crippen molar-refractivity contribution in [2.24, 2.45) is 0 Å². The maximum Gasteiger partial charge on any atom is 0.259 e. The molecule has 0 bridgehead atoms. The molecule has 1 aromatic heterocycles. The van der Waals surface area contributed by atoms with E-state index in [4.69, 9.17) is 16.6 Å². The van der Waals surface area contributed by atoms with Gasteiger partial charge in [0.05, 0.1) is 16.8 Å². The fourth-order valence-electron chi connectivity index (χ4n) is 4.05. The van der Waals surface area contributed by atoms with Gasteiger partial charge in [0.15, 0.2) is 0 Å². The molecule has 0 radical (unpaired) electrons. The molecule has 4 aromatic rings. The van der Waals surface area contributed by atoms with E-state index in [1.807, 2.05) is 77.7 Å². The molecule has 1 aliphatic rings. The van der Waals surface area contributed by atoms with E-state index in [0.717, 1.165) is 35.0 Å². The normalized spacial score (nSPS) is 13.3. The number of amides is 1. The summed E-state index contributed by atoms with van der Waals surface area (Å²) in [6.07, 6.45) is 1.96. The number of aromatic nitrogens is 1. The highest BCUT2D eigenvalue weighted by atomic mass is 35.5. The lowest BCUT2D eigenvalue weighted by molar-refractivity contribution is 0.0986. The summed E-state index contributed by atoms with van der Waals surface area (Å²) in [7, 11) is 0. The van der Waals surface area contributed by atoms with Gasteiger partial charge < -0.3 is 4.90 Å². The number of carbonyl (C=O) groups excluding carboxylic acids is 1. The Morgan fingerprint density at radius 3 is 2.59 bits per heavy atom. The third-order valence-electron chi connectivity index (χ3n) is 5.45. The minimum absolute atomic E-state index is 0.00375. The SMILES string of the molecule is O=C(c1cc(-c2ccccc2Cl)nc2ccccc12)N1CCCc2ccccc21. The standard InChI is InChI=1S/C25H19ClN2O/c26-21-12-4-2-11-19(21)23-16-20(18-10-3-5-13-22(18)27-23)25(29)28-15-7-9-17-8-1-6-14-24(17)28/h1-6,8,10-14,16H,7,9,15H2. The van der Waals surface area contributed by atoms with Crippen molar-refractivity contribution in [1.29, 1.82) is 0 Å². The predicted molar refractivity (Wildman–Crippen MR) is 119 cm³/mol. The zero-order valence-electron chi connectivity index (χ0n) is 15.8. The predicted octanol–water partition coefficient (Wildman–Crippen LogP) is 6.15. The number of pyridine rings is 1. The summed E-state index contributed by atoms with van der Waals surface area (Å²) < 4.78 is 0. The number of rotatable bonds is 2. The van der Waals surface area contributed by atoms with Crippen molar-refractivity contribution in [2.75, 3.05) is 11.4 Å². The van der Waals surface area contributed by atoms with Crippen LogP contribution >= 0.6 is 11.6 Å². The molecule has 0 saturated carbocycles. The van der Waals surface area contributed by atoms with Gasteiger partial charge in [-0.2, -0.15) is 0 Å². The van der Waals surface area contributed by atoms with E-state index in [1.165, 1.54) is 5.56 Å². The summed E-state index contributed by atoms with van der Waals surface area (Å²) in [5, 5.41) is 1.48. The van der Waals surface area contributed by atoms with Crippen LogP contribution in [0.3, 0.4) is 0 Å². The second-order valence-electron chi connectivity index (χ2n) is 7.24. The van der Waals surface area contributed by atoms with Crippen molar-refractivity contribution in [3.05, 3.63) is 95.0 Å². The Kier molecular flexibility index (Phi) is 4.53. The average Bonchev–Trinajstić information content (AvgIpc) is 2.78. The van der Waals surface area contributed by atoms with Gasteiger partial charge in [-0.05, 0) is 42.7 Å². The van der Waals surface area contributed by atoms with E-state index in [1.54, 1.807) is 0 Å². The molecule has 0 aliphatic carbocycles. The number of benzene rings is 3. The molecule has 0 spiro atoms. The van der Waals surface area contributed by atoms with E-state index < -0.39 is 0 Å². The number of nitrogens with zero attached hydrogens (tertiary/aromatic N) is 2. The van der Waals surface area contributed by atoms with E-state index in [-0.39, 0.29) is 5.91 Å². The highest BCUT2D eigenvalue weighted by molar-refractivity contribution is 6.33. The van der Waals surface area contributed by atoms with Crippen LogP contribution < -0.4 is 4.90 Å². The lowest BCUT2D eigenvalue weighted by Crippen LogP contribution is -2.35. The van der Waals surface area contributed by atoms with Crippen LogP contribution in [0, 0.1) is 0 Å². The fourth-order valence-corrected chi connectivity index (χ4v) is 4.28. The van der Waals surface area contributed by atoms with Gasteiger partial charge in [-0.25, -0.2) is 4.98 Å². The maximum atomic E-state index is 13.7. The Hall–Kier alpha value is -3.17. The van der Waals surface area contributed by atoms with Gasteiger partial charge in [-0.15, -0.1) is 0 Å². The number of hydrogen-bond donors (Lipinski definition) is 0. The Labute approximate surface area is 174 Å². The van der Waals surface area contributed by atoms with E-state index >= 15 is 0 Å². The van der Waals surface area contributed by atoms with Crippen molar-refractivity contribution in [3.8, 4) is 11.3 Å². The third-order valence-corrected chi connectivity index (χ3v) is 5.78. The molecule has 1 amide bonds. The van der Waals surface area contributed by atoms with Gasteiger partial charge in [-0.3, -0.25) is 4.79 Å². The van der Waals surface area contributed by atoms with Gasteiger partial charge in [0.1, 0.15) is 0 Å². The maximum absolute atomic E-state index is 13.7. The van der Waals surface area contributed by atoms with Crippen LogP contribution in [-0.4, -0.2) is 17.4 Å². The molecular weight excluding hydrogens is 380 g/mol. The molecule has 2 heterocycles. The van der Waals surface area contributed by atoms with Crippen LogP contribution in [0.25, 0.3) is 22.2 Å². The molecule has 0 unspecified atom stereocenters. The summed E-state index contributed by atoms with van der Waals surface area (Å²) in [6, 6.07) is 25.4. The quantitative estimate of drug-likeness (QED) is 0.405. The Morgan fingerprint density at radius 2 is 1.69 bits per heavy atom. The van der Waals surface area contributed by atoms with Crippen LogP contribution in [0.5, 0.6) is 0 Å². The van der Waals surface area contributed by atoms with E-state index in [0.29, 0.717) is 22.8 Å². The molecule has 0 N–H and O–H groups in total. The number of carbonyl (C=O) groups is 1. The first-order valence-corrected chi connectivity index (χ1v) is 10.1. The molecule has 29 heavy (non-hydrogen) atoms. The molecule has 142 valence electrons. The summed E-state index contributed by atoms with van der Waals surface area (Å²) in [5.74, 6) is 0.00375. The zero-order valence-corrected chi connectivity index (χ0v) is 16.6. The van der Waals surface area contributed by atoms with E-state index in [2.05, 4.69) is 6.07 Å². The van der Waals surface area contributed by atoms with Crippen molar-refractivity contribution >= 4 is 34.1 Å². The lowest BCUT2D eigenvalue weighted by Gasteiger charge is -2.30. The number of halogens is 1. The zero-order chi connectivity index (χ0) is 19.8. The van der Waals surface area contributed by atoms with Crippen molar-refractivity contribution in [1.82, 2.24) is 4.98 Å². The number of fused-ring (bicyclic) bond motifs is 2. The monoisotopic (exact) mass is 398 g/mol. The highest BCUT2D eigenvalue weighted by Gasteiger charge is 2.25. The number of para-hydroxylation sites is 2. The van der Waals surface area contributed by atoms with E-state index in [9.17, 15) is 4.79 Å². The third kappa shape index (κ3) is 3.18. The van der Waals surface area contributed by atoms with Gasteiger partial charge in [0.25, 0.3) is 5.91 Å². The Balaban J connectivity index is 1.69. The van der Waals surface area contributed by atoms with Gasteiger partial charge in [-0.1, -0.05) is 66.2 Å². The topological polar surface area (TPSA) is 33.2 Å². The molecule has 1 aliphatic heterocycles. The molecular formula is C25H19ClN2O. The Morgan fingerprint density at radius 1 is 0.931 bits per heavy atom. The minimum atomic E-state index is 0.00375. The van der Waals surface area contributed by atoms with Gasteiger partial charge in [0, 0.05) is 28.2 Å². The molecule has 4 heteroatoms. The molecule has 0 fully saturated rings. The molecule has 3 aromatic carbocycles. The second-order valence-corrected chi connectivity index (χ2v) is 7.65. The Bertz CT molecular complexity index is 1230. The van der Waals surface area contributed by atoms with Crippen LogP contribution in [0.4, 0.5) is 5.69 Å². The van der Waals surface area contributed by atoms with Crippen LogP contribution in [-0.2, 0) is 6.42 Å². The molecule has 0 saturated heterocycles. The summed E-state index contributed by atoms with van der Waals surface area (Å²) >= 11 is 6.42. The van der Waals surface area contributed by atoms with Crippen molar-refractivity contribution in [3.63, 3.8) is 0 Å². The smallest absolute Gasteiger partial charge is 0.259 e. The molecule has 5 rings (SSSR count). The first-order chi connectivity index (χ1) is 14.2. The number of hydrogen-bond acceptors (Lipinski definition) is 2. The minimum Gasteiger partial charge on any atom is -0.308 e.